The molecule has 1 aromatic carbocycles. The summed E-state index contributed by atoms with van der Waals surface area (Å²) in [5.41, 5.74) is -0.131. The van der Waals surface area contributed by atoms with Crippen LogP contribution in [-0.4, -0.2) is 17.5 Å². The van der Waals surface area contributed by atoms with Gasteiger partial charge in [0.05, 0.1) is 17.1 Å². The molecule has 0 saturated heterocycles. The SMILES string of the molecule is CCCCCCCCCCOC(=O)c1ccc(Cl)c([N+](=O)[O-])c1. The van der Waals surface area contributed by atoms with Crippen molar-refractivity contribution in [3.63, 3.8) is 0 Å². The Morgan fingerprint density at radius 2 is 1.74 bits per heavy atom. The van der Waals surface area contributed by atoms with Crippen LogP contribution in [0.4, 0.5) is 5.69 Å². The molecule has 0 atom stereocenters. The van der Waals surface area contributed by atoms with Crippen molar-refractivity contribution in [3.8, 4) is 0 Å². The van der Waals surface area contributed by atoms with Gasteiger partial charge in [-0.3, -0.25) is 10.1 Å². The summed E-state index contributed by atoms with van der Waals surface area (Å²) < 4.78 is 5.14. The maximum atomic E-state index is 11.8. The first-order valence-corrected chi connectivity index (χ1v) is 8.55. The number of rotatable bonds is 11. The Morgan fingerprint density at radius 1 is 1.13 bits per heavy atom. The third-order valence-corrected chi connectivity index (χ3v) is 3.93. The molecule has 0 aliphatic rings. The largest absolute Gasteiger partial charge is 0.462 e. The van der Waals surface area contributed by atoms with Crippen molar-refractivity contribution in [2.45, 2.75) is 58.3 Å². The predicted molar refractivity (Wildman–Crippen MR) is 91.0 cm³/mol. The van der Waals surface area contributed by atoms with Gasteiger partial charge in [0.25, 0.3) is 5.69 Å². The third kappa shape index (κ3) is 7.46. The number of halogens is 1. The molecule has 0 radical (unpaired) electrons. The number of esters is 1. The molecule has 0 spiro atoms. The minimum Gasteiger partial charge on any atom is -0.462 e. The van der Waals surface area contributed by atoms with Crippen molar-refractivity contribution in [2.75, 3.05) is 6.61 Å². The summed E-state index contributed by atoms with van der Waals surface area (Å²) in [6.07, 6.45) is 9.31. The zero-order valence-corrected chi connectivity index (χ0v) is 14.3. The number of nitro benzene ring substituents is 1. The van der Waals surface area contributed by atoms with Crippen molar-refractivity contribution in [1.82, 2.24) is 0 Å². The molecule has 128 valence electrons. The van der Waals surface area contributed by atoms with Gasteiger partial charge < -0.3 is 4.74 Å². The number of nitro groups is 1. The first-order valence-electron chi connectivity index (χ1n) is 8.17. The molecule has 0 fully saturated rings. The predicted octanol–water partition coefficient (Wildman–Crippen LogP) is 5.55. The summed E-state index contributed by atoms with van der Waals surface area (Å²) >= 11 is 5.71. The highest BCUT2D eigenvalue weighted by Gasteiger charge is 2.16. The summed E-state index contributed by atoms with van der Waals surface area (Å²) in [5.74, 6) is -0.548. The molecule has 6 heteroatoms. The van der Waals surface area contributed by atoms with Gasteiger partial charge in [0, 0.05) is 6.07 Å². The molecule has 0 heterocycles. The van der Waals surface area contributed by atoms with Crippen LogP contribution in [0.2, 0.25) is 5.02 Å². The number of carbonyl (C=O) groups excluding carboxylic acids is 1. The fourth-order valence-electron chi connectivity index (χ4n) is 2.26. The van der Waals surface area contributed by atoms with Crippen LogP contribution in [0, 0.1) is 10.1 Å². The highest BCUT2D eigenvalue weighted by atomic mass is 35.5. The number of hydrogen-bond acceptors (Lipinski definition) is 4. The van der Waals surface area contributed by atoms with Crippen LogP contribution < -0.4 is 0 Å². The van der Waals surface area contributed by atoms with E-state index >= 15 is 0 Å². The third-order valence-electron chi connectivity index (χ3n) is 3.61. The number of benzene rings is 1. The molecular formula is C17H24ClNO4. The zero-order chi connectivity index (χ0) is 17.1. The maximum Gasteiger partial charge on any atom is 0.338 e. The first kappa shape index (κ1) is 19.4. The van der Waals surface area contributed by atoms with E-state index in [1.165, 1.54) is 44.2 Å². The molecule has 5 nitrogen and oxygen atoms in total. The van der Waals surface area contributed by atoms with E-state index in [0.29, 0.717) is 6.61 Å². The molecule has 0 aromatic heterocycles. The Bertz CT molecular complexity index is 519. The average Bonchev–Trinajstić information content (AvgIpc) is 2.53. The smallest absolute Gasteiger partial charge is 0.338 e. The molecule has 0 aliphatic carbocycles. The van der Waals surface area contributed by atoms with Crippen molar-refractivity contribution < 1.29 is 14.5 Å². The fraction of sp³-hybridized carbons (Fsp3) is 0.588. The lowest BCUT2D eigenvalue weighted by Crippen LogP contribution is -2.07. The summed E-state index contributed by atoms with van der Waals surface area (Å²) in [6.45, 7) is 2.54. The van der Waals surface area contributed by atoms with Gasteiger partial charge in [0.1, 0.15) is 5.02 Å². The van der Waals surface area contributed by atoms with E-state index in [1.807, 2.05) is 0 Å². The van der Waals surface area contributed by atoms with E-state index in [1.54, 1.807) is 0 Å². The van der Waals surface area contributed by atoms with E-state index < -0.39 is 10.9 Å². The van der Waals surface area contributed by atoms with Crippen molar-refractivity contribution in [1.29, 1.82) is 0 Å². The van der Waals surface area contributed by atoms with Crippen molar-refractivity contribution in [2.24, 2.45) is 0 Å². The van der Waals surface area contributed by atoms with E-state index in [4.69, 9.17) is 16.3 Å². The molecule has 0 bridgehead atoms. The second-order valence-corrected chi connectivity index (χ2v) is 5.94. The quantitative estimate of drug-likeness (QED) is 0.229. The highest BCUT2D eigenvalue weighted by Crippen LogP contribution is 2.25. The van der Waals surface area contributed by atoms with Crippen LogP contribution >= 0.6 is 11.6 Å². The Labute approximate surface area is 142 Å². The second-order valence-electron chi connectivity index (χ2n) is 5.53. The maximum absolute atomic E-state index is 11.8. The highest BCUT2D eigenvalue weighted by molar-refractivity contribution is 6.32. The van der Waals surface area contributed by atoms with E-state index in [-0.39, 0.29) is 16.3 Å². The standard InChI is InChI=1S/C17H24ClNO4/c1-2-3-4-5-6-7-8-9-12-23-17(20)14-10-11-15(18)16(13-14)19(21)22/h10-11,13H,2-9,12H2,1H3. The first-order chi connectivity index (χ1) is 11.1. The van der Waals surface area contributed by atoms with Crippen LogP contribution in [0.15, 0.2) is 18.2 Å². The van der Waals surface area contributed by atoms with Crippen molar-refractivity contribution in [3.05, 3.63) is 38.9 Å². The van der Waals surface area contributed by atoms with Crippen molar-refractivity contribution >= 4 is 23.3 Å². The molecule has 0 aliphatic heterocycles. The van der Waals surface area contributed by atoms with Crippen LogP contribution in [0.3, 0.4) is 0 Å². The zero-order valence-electron chi connectivity index (χ0n) is 13.6. The monoisotopic (exact) mass is 341 g/mol. The Morgan fingerprint density at radius 3 is 2.35 bits per heavy atom. The summed E-state index contributed by atoms with van der Waals surface area (Å²) in [6, 6.07) is 3.93. The second kappa shape index (κ2) is 11.0. The van der Waals surface area contributed by atoms with Gasteiger partial charge in [-0.1, -0.05) is 63.5 Å². The van der Waals surface area contributed by atoms with Crippen LogP contribution in [0.25, 0.3) is 0 Å². The molecular weight excluding hydrogens is 318 g/mol. The Balaban J connectivity index is 2.24. The lowest BCUT2D eigenvalue weighted by Gasteiger charge is -2.05. The van der Waals surface area contributed by atoms with Gasteiger partial charge in [-0.15, -0.1) is 0 Å². The summed E-state index contributed by atoms with van der Waals surface area (Å²) in [5, 5.41) is 10.8. The van der Waals surface area contributed by atoms with Gasteiger partial charge in [-0.05, 0) is 18.6 Å². The molecule has 1 aromatic rings. The summed E-state index contributed by atoms with van der Waals surface area (Å²) in [7, 11) is 0. The van der Waals surface area contributed by atoms with E-state index in [2.05, 4.69) is 6.92 Å². The number of nitrogens with zero attached hydrogens (tertiary/aromatic N) is 1. The number of ether oxygens (including phenoxy) is 1. The van der Waals surface area contributed by atoms with Crippen LogP contribution in [0.5, 0.6) is 0 Å². The van der Waals surface area contributed by atoms with E-state index in [9.17, 15) is 14.9 Å². The van der Waals surface area contributed by atoms with Gasteiger partial charge >= 0.3 is 5.97 Å². The average molecular weight is 342 g/mol. The van der Waals surface area contributed by atoms with Gasteiger partial charge in [-0.25, -0.2) is 4.79 Å². The summed E-state index contributed by atoms with van der Waals surface area (Å²) in [4.78, 5) is 22.0. The Kier molecular flexibility index (Phi) is 9.29. The number of unbranched alkanes of at least 4 members (excludes halogenated alkanes) is 7. The lowest BCUT2D eigenvalue weighted by molar-refractivity contribution is -0.384. The number of carbonyl (C=O) groups is 1. The Hall–Kier alpha value is -1.62. The molecule has 0 saturated carbocycles. The minimum atomic E-state index is -0.613. The molecule has 0 unspecified atom stereocenters. The molecule has 1 rings (SSSR count). The topological polar surface area (TPSA) is 69.4 Å². The molecule has 0 amide bonds. The number of hydrogen-bond donors (Lipinski definition) is 0. The molecule has 23 heavy (non-hydrogen) atoms. The van der Waals surface area contributed by atoms with E-state index in [0.717, 1.165) is 25.3 Å². The van der Waals surface area contributed by atoms with Crippen LogP contribution in [0.1, 0.15) is 68.6 Å². The van der Waals surface area contributed by atoms with Crippen LogP contribution in [-0.2, 0) is 4.74 Å². The normalized spacial score (nSPS) is 10.5. The van der Waals surface area contributed by atoms with Gasteiger partial charge in [0.2, 0.25) is 0 Å². The fourth-order valence-corrected chi connectivity index (χ4v) is 2.45. The van der Waals surface area contributed by atoms with Gasteiger partial charge in [0.15, 0.2) is 0 Å². The minimum absolute atomic E-state index is 0.00891. The lowest BCUT2D eigenvalue weighted by atomic mass is 10.1. The molecule has 0 N–H and O–H groups in total. The van der Waals surface area contributed by atoms with Gasteiger partial charge in [-0.2, -0.15) is 0 Å².